The van der Waals surface area contributed by atoms with E-state index in [0.29, 0.717) is 0 Å². The SMILES string of the molecule is CCc1c[nH]c2ncnc(Nc3ccc(C)c(C)c3)c12. The summed E-state index contributed by atoms with van der Waals surface area (Å²) in [6.45, 7) is 6.36. The second-order valence-corrected chi connectivity index (χ2v) is 5.04. The Morgan fingerprint density at radius 3 is 2.75 bits per heavy atom. The third-order valence-corrected chi connectivity index (χ3v) is 3.70. The van der Waals surface area contributed by atoms with E-state index in [2.05, 4.69) is 59.2 Å². The quantitative estimate of drug-likeness (QED) is 0.756. The number of aromatic amines is 1. The number of aromatic nitrogens is 3. The van der Waals surface area contributed by atoms with Crippen molar-refractivity contribution in [3.8, 4) is 0 Å². The number of hydrogen-bond acceptors (Lipinski definition) is 3. The van der Waals surface area contributed by atoms with Crippen LogP contribution in [0.4, 0.5) is 11.5 Å². The summed E-state index contributed by atoms with van der Waals surface area (Å²) < 4.78 is 0. The van der Waals surface area contributed by atoms with Crippen LogP contribution in [0.25, 0.3) is 11.0 Å². The summed E-state index contributed by atoms with van der Waals surface area (Å²) in [5.74, 6) is 0.858. The average molecular weight is 266 g/mol. The minimum absolute atomic E-state index is 0.858. The molecule has 1 aromatic carbocycles. The van der Waals surface area contributed by atoms with Gasteiger partial charge in [-0.3, -0.25) is 0 Å². The summed E-state index contributed by atoms with van der Waals surface area (Å²) in [5, 5.41) is 4.48. The summed E-state index contributed by atoms with van der Waals surface area (Å²) in [5.41, 5.74) is 5.72. The van der Waals surface area contributed by atoms with E-state index in [9.17, 15) is 0 Å². The average Bonchev–Trinajstić information content (AvgIpc) is 2.87. The molecule has 0 bridgehead atoms. The first kappa shape index (κ1) is 12.7. The van der Waals surface area contributed by atoms with Crippen LogP contribution in [0.2, 0.25) is 0 Å². The van der Waals surface area contributed by atoms with Gasteiger partial charge in [0.15, 0.2) is 0 Å². The molecule has 3 aromatic rings. The Balaban J connectivity index is 2.05. The second kappa shape index (κ2) is 4.96. The van der Waals surface area contributed by atoms with Gasteiger partial charge in [0.1, 0.15) is 17.8 Å². The van der Waals surface area contributed by atoms with Gasteiger partial charge in [-0.15, -0.1) is 0 Å². The maximum atomic E-state index is 4.39. The number of fused-ring (bicyclic) bond motifs is 1. The highest BCUT2D eigenvalue weighted by Crippen LogP contribution is 2.27. The van der Waals surface area contributed by atoms with Crippen molar-refractivity contribution in [1.82, 2.24) is 15.0 Å². The maximum Gasteiger partial charge on any atom is 0.143 e. The fourth-order valence-corrected chi connectivity index (χ4v) is 2.36. The van der Waals surface area contributed by atoms with Gasteiger partial charge in [-0.05, 0) is 49.1 Å². The summed E-state index contributed by atoms with van der Waals surface area (Å²) in [4.78, 5) is 11.9. The summed E-state index contributed by atoms with van der Waals surface area (Å²) in [6, 6.07) is 6.34. The number of benzene rings is 1. The van der Waals surface area contributed by atoms with E-state index in [1.807, 2.05) is 6.20 Å². The second-order valence-electron chi connectivity index (χ2n) is 5.04. The highest BCUT2D eigenvalue weighted by atomic mass is 15.0. The van der Waals surface area contributed by atoms with Crippen LogP contribution < -0.4 is 5.32 Å². The minimum atomic E-state index is 0.858. The number of anilines is 2. The topological polar surface area (TPSA) is 53.6 Å². The van der Waals surface area contributed by atoms with Gasteiger partial charge in [0.2, 0.25) is 0 Å². The fraction of sp³-hybridized carbons (Fsp3) is 0.250. The van der Waals surface area contributed by atoms with E-state index in [4.69, 9.17) is 0 Å². The Morgan fingerprint density at radius 1 is 1.15 bits per heavy atom. The molecule has 20 heavy (non-hydrogen) atoms. The fourth-order valence-electron chi connectivity index (χ4n) is 2.36. The molecule has 0 fully saturated rings. The Hall–Kier alpha value is -2.36. The minimum Gasteiger partial charge on any atom is -0.346 e. The van der Waals surface area contributed by atoms with Gasteiger partial charge in [-0.2, -0.15) is 0 Å². The predicted molar refractivity (Wildman–Crippen MR) is 82.5 cm³/mol. The van der Waals surface area contributed by atoms with Crippen LogP contribution >= 0.6 is 0 Å². The maximum absolute atomic E-state index is 4.39. The largest absolute Gasteiger partial charge is 0.346 e. The standard InChI is InChI=1S/C16H18N4/c1-4-12-8-17-15-14(12)16(19-9-18-15)20-13-6-5-10(2)11(3)7-13/h5-9H,4H2,1-3H3,(H2,17,18,19,20). The molecular weight excluding hydrogens is 248 g/mol. The Morgan fingerprint density at radius 2 is 2.00 bits per heavy atom. The van der Waals surface area contributed by atoms with Crippen LogP contribution in [-0.4, -0.2) is 15.0 Å². The van der Waals surface area contributed by atoms with Gasteiger partial charge in [0, 0.05) is 11.9 Å². The Bertz CT molecular complexity index is 758. The molecule has 2 aromatic heterocycles. The van der Waals surface area contributed by atoms with Gasteiger partial charge < -0.3 is 10.3 Å². The number of H-pyrrole nitrogens is 1. The van der Waals surface area contributed by atoms with Crippen LogP contribution in [-0.2, 0) is 6.42 Å². The Kier molecular flexibility index (Phi) is 3.14. The molecule has 2 heterocycles. The lowest BCUT2D eigenvalue weighted by Gasteiger charge is -2.09. The number of nitrogens with zero attached hydrogens (tertiary/aromatic N) is 2. The van der Waals surface area contributed by atoms with Crippen LogP contribution in [0.15, 0.2) is 30.7 Å². The zero-order valence-corrected chi connectivity index (χ0v) is 12.0. The molecule has 4 nitrogen and oxygen atoms in total. The molecule has 0 atom stereocenters. The number of hydrogen-bond donors (Lipinski definition) is 2. The van der Waals surface area contributed by atoms with Gasteiger partial charge in [0.25, 0.3) is 0 Å². The monoisotopic (exact) mass is 266 g/mol. The molecule has 0 unspecified atom stereocenters. The summed E-state index contributed by atoms with van der Waals surface area (Å²) >= 11 is 0. The number of nitrogens with one attached hydrogen (secondary N) is 2. The van der Waals surface area contributed by atoms with Crippen molar-refractivity contribution < 1.29 is 0 Å². The highest BCUT2D eigenvalue weighted by molar-refractivity contribution is 5.92. The van der Waals surface area contributed by atoms with Crippen molar-refractivity contribution >= 4 is 22.5 Å². The van der Waals surface area contributed by atoms with Crippen molar-refractivity contribution in [2.75, 3.05) is 5.32 Å². The summed E-state index contributed by atoms with van der Waals surface area (Å²) in [7, 11) is 0. The lowest BCUT2D eigenvalue weighted by atomic mass is 10.1. The van der Waals surface area contributed by atoms with Crippen LogP contribution in [0.5, 0.6) is 0 Å². The van der Waals surface area contributed by atoms with Crippen molar-refractivity contribution in [2.24, 2.45) is 0 Å². The van der Waals surface area contributed by atoms with E-state index in [-0.39, 0.29) is 0 Å². The predicted octanol–water partition coefficient (Wildman–Crippen LogP) is 3.88. The number of aryl methyl sites for hydroxylation is 3. The van der Waals surface area contributed by atoms with Crippen LogP contribution in [0.3, 0.4) is 0 Å². The molecule has 0 saturated carbocycles. The van der Waals surface area contributed by atoms with Crippen LogP contribution in [0, 0.1) is 13.8 Å². The first-order chi connectivity index (χ1) is 9.69. The molecule has 0 aliphatic rings. The van der Waals surface area contributed by atoms with E-state index in [1.54, 1.807) is 6.33 Å². The molecule has 4 heteroatoms. The molecule has 0 amide bonds. The molecule has 2 N–H and O–H groups in total. The van der Waals surface area contributed by atoms with Crippen LogP contribution in [0.1, 0.15) is 23.6 Å². The van der Waals surface area contributed by atoms with Crippen molar-refractivity contribution in [2.45, 2.75) is 27.2 Å². The van der Waals surface area contributed by atoms with Crippen molar-refractivity contribution in [1.29, 1.82) is 0 Å². The number of rotatable bonds is 3. The normalized spacial score (nSPS) is 10.9. The molecule has 0 aliphatic heterocycles. The van der Waals surface area contributed by atoms with Gasteiger partial charge >= 0.3 is 0 Å². The lowest BCUT2D eigenvalue weighted by molar-refractivity contribution is 1.15. The lowest BCUT2D eigenvalue weighted by Crippen LogP contribution is -1.97. The zero-order chi connectivity index (χ0) is 14.1. The van der Waals surface area contributed by atoms with Gasteiger partial charge in [-0.1, -0.05) is 13.0 Å². The summed E-state index contributed by atoms with van der Waals surface area (Å²) in [6.07, 6.45) is 4.54. The smallest absolute Gasteiger partial charge is 0.143 e. The van der Waals surface area contributed by atoms with E-state index in [0.717, 1.165) is 29.0 Å². The third kappa shape index (κ3) is 2.13. The Labute approximate surface area is 118 Å². The molecular formula is C16H18N4. The van der Waals surface area contributed by atoms with E-state index in [1.165, 1.54) is 16.7 Å². The molecule has 3 rings (SSSR count). The first-order valence-corrected chi connectivity index (χ1v) is 6.84. The van der Waals surface area contributed by atoms with E-state index < -0.39 is 0 Å². The molecule has 0 saturated heterocycles. The highest BCUT2D eigenvalue weighted by Gasteiger charge is 2.10. The first-order valence-electron chi connectivity index (χ1n) is 6.84. The van der Waals surface area contributed by atoms with Crippen molar-refractivity contribution in [3.05, 3.63) is 47.4 Å². The zero-order valence-electron chi connectivity index (χ0n) is 12.0. The molecule has 0 radical (unpaired) electrons. The van der Waals surface area contributed by atoms with Gasteiger partial charge in [-0.25, -0.2) is 9.97 Å². The third-order valence-electron chi connectivity index (χ3n) is 3.70. The molecule has 102 valence electrons. The molecule has 0 aliphatic carbocycles. The van der Waals surface area contributed by atoms with Crippen molar-refractivity contribution in [3.63, 3.8) is 0 Å². The van der Waals surface area contributed by atoms with E-state index >= 15 is 0 Å². The van der Waals surface area contributed by atoms with Gasteiger partial charge in [0.05, 0.1) is 5.39 Å². The molecule has 0 spiro atoms.